The number of aryl methyl sites for hydroxylation is 1. The molecule has 112 valence electrons. The third-order valence-electron chi connectivity index (χ3n) is 3.23. The molecule has 3 nitrogen and oxygen atoms in total. The molecule has 1 heterocycles. The van der Waals surface area contributed by atoms with E-state index in [1.54, 1.807) is 24.5 Å². The van der Waals surface area contributed by atoms with E-state index in [-0.39, 0.29) is 5.75 Å². The third kappa shape index (κ3) is 2.86. The Bertz CT molecular complexity index is 814. The van der Waals surface area contributed by atoms with E-state index in [2.05, 4.69) is 14.7 Å². The normalized spacial score (nSPS) is 11.6. The molecule has 1 aromatic heterocycles. The van der Waals surface area contributed by atoms with Crippen LogP contribution in [0, 0.1) is 6.92 Å². The SMILES string of the molecule is Cc1ccc(-c2ccc(OC(F)(F)F)cc2)c2nccnc12. The number of benzene rings is 2. The van der Waals surface area contributed by atoms with Crippen LogP contribution in [-0.2, 0) is 0 Å². The van der Waals surface area contributed by atoms with Gasteiger partial charge in [-0.15, -0.1) is 13.2 Å². The van der Waals surface area contributed by atoms with Crippen molar-refractivity contribution in [2.45, 2.75) is 13.3 Å². The Kier molecular flexibility index (Phi) is 3.44. The highest BCUT2D eigenvalue weighted by atomic mass is 19.4. The molecule has 2 aromatic carbocycles. The molecular formula is C16H11F3N2O. The summed E-state index contributed by atoms with van der Waals surface area (Å²) >= 11 is 0. The number of hydrogen-bond acceptors (Lipinski definition) is 3. The molecule has 0 saturated carbocycles. The fraction of sp³-hybridized carbons (Fsp3) is 0.125. The maximum Gasteiger partial charge on any atom is 0.573 e. The highest BCUT2D eigenvalue weighted by molar-refractivity contribution is 5.93. The van der Waals surface area contributed by atoms with Crippen LogP contribution in [0.2, 0.25) is 0 Å². The lowest BCUT2D eigenvalue weighted by Crippen LogP contribution is -2.16. The van der Waals surface area contributed by atoms with Gasteiger partial charge in [-0.3, -0.25) is 9.97 Å². The minimum atomic E-state index is -4.69. The topological polar surface area (TPSA) is 35.0 Å². The lowest BCUT2D eigenvalue weighted by atomic mass is 10.0. The van der Waals surface area contributed by atoms with Crippen LogP contribution in [0.25, 0.3) is 22.2 Å². The molecule has 0 radical (unpaired) electrons. The van der Waals surface area contributed by atoms with Crippen LogP contribution in [0.15, 0.2) is 48.8 Å². The largest absolute Gasteiger partial charge is 0.573 e. The number of hydrogen-bond donors (Lipinski definition) is 0. The second-order valence-corrected chi connectivity index (χ2v) is 4.76. The number of alkyl halides is 3. The van der Waals surface area contributed by atoms with Crippen molar-refractivity contribution in [2.75, 3.05) is 0 Å². The fourth-order valence-corrected chi connectivity index (χ4v) is 2.26. The number of aromatic nitrogens is 2. The zero-order valence-corrected chi connectivity index (χ0v) is 11.6. The number of fused-ring (bicyclic) bond motifs is 1. The molecule has 22 heavy (non-hydrogen) atoms. The first-order valence-corrected chi connectivity index (χ1v) is 6.50. The van der Waals surface area contributed by atoms with Crippen LogP contribution in [0.5, 0.6) is 5.75 Å². The van der Waals surface area contributed by atoms with Gasteiger partial charge in [0.05, 0.1) is 11.0 Å². The first kappa shape index (κ1) is 14.3. The average Bonchev–Trinajstić information content (AvgIpc) is 2.48. The van der Waals surface area contributed by atoms with Crippen LogP contribution < -0.4 is 4.74 Å². The predicted molar refractivity (Wildman–Crippen MR) is 76.4 cm³/mol. The maximum atomic E-state index is 12.2. The minimum Gasteiger partial charge on any atom is -0.406 e. The summed E-state index contributed by atoms with van der Waals surface area (Å²) in [5.74, 6) is -0.251. The van der Waals surface area contributed by atoms with Crippen molar-refractivity contribution in [2.24, 2.45) is 0 Å². The number of ether oxygens (including phenoxy) is 1. The van der Waals surface area contributed by atoms with Crippen molar-refractivity contribution >= 4 is 11.0 Å². The lowest BCUT2D eigenvalue weighted by molar-refractivity contribution is -0.274. The van der Waals surface area contributed by atoms with Gasteiger partial charge in [-0.1, -0.05) is 24.3 Å². The summed E-state index contributed by atoms with van der Waals surface area (Å²) < 4.78 is 40.4. The standard InChI is InChI=1S/C16H11F3N2O/c1-10-2-7-13(15-14(10)20-8-9-21-15)11-3-5-12(6-4-11)22-16(17,18)19/h2-9H,1H3. The molecule has 3 rings (SSSR count). The quantitative estimate of drug-likeness (QED) is 0.699. The van der Waals surface area contributed by atoms with Gasteiger partial charge in [-0.05, 0) is 30.2 Å². The summed E-state index contributed by atoms with van der Waals surface area (Å²) in [6.07, 6.45) is -1.49. The van der Waals surface area contributed by atoms with Crippen molar-refractivity contribution in [1.29, 1.82) is 0 Å². The van der Waals surface area contributed by atoms with Crippen molar-refractivity contribution in [3.05, 3.63) is 54.4 Å². The number of rotatable bonds is 2. The maximum absolute atomic E-state index is 12.2. The summed E-state index contributed by atoms with van der Waals surface area (Å²) in [7, 11) is 0. The predicted octanol–water partition coefficient (Wildman–Crippen LogP) is 4.50. The van der Waals surface area contributed by atoms with E-state index >= 15 is 0 Å². The van der Waals surface area contributed by atoms with Gasteiger partial charge >= 0.3 is 6.36 Å². The van der Waals surface area contributed by atoms with E-state index in [0.29, 0.717) is 5.52 Å². The van der Waals surface area contributed by atoms with Crippen molar-refractivity contribution in [1.82, 2.24) is 9.97 Å². The van der Waals surface area contributed by atoms with Gasteiger partial charge in [-0.2, -0.15) is 0 Å². The molecule has 3 aromatic rings. The van der Waals surface area contributed by atoms with Crippen LogP contribution >= 0.6 is 0 Å². The van der Waals surface area contributed by atoms with Gasteiger partial charge < -0.3 is 4.74 Å². The Morgan fingerprint density at radius 3 is 2.14 bits per heavy atom. The first-order chi connectivity index (χ1) is 10.4. The molecule has 0 saturated heterocycles. The molecular weight excluding hydrogens is 293 g/mol. The molecule has 0 fully saturated rings. The Hall–Kier alpha value is -2.63. The summed E-state index contributed by atoms with van der Waals surface area (Å²) in [5.41, 5.74) is 4.04. The van der Waals surface area contributed by atoms with E-state index in [0.717, 1.165) is 22.2 Å². The lowest BCUT2D eigenvalue weighted by Gasteiger charge is -2.10. The van der Waals surface area contributed by atoms with Gasteiger partial charge in [0.25, 0.3) is 0 Å². The molecule has 0 aliphatic carbocycles. The molecule has 0 bridgehead atoms. The Morgan fingerprint density at radius 2 is 1.50 bits per heavy atom. The van der Waals surface area contributed by atoms with Gasteiger partial charge in [0.2, 0.25) is 0 Å². The van der Waals surface area contributed by atoms with E-state index < -0.39 is 6.36 Å². The van der Waals surface area contributed by atoms with Gasteiger partial charge in [0.15, 0.2) is 0 Å². The monoisotopic (exact) mass is 304 g/mol. The summed E-state index contributed by atoms with van der Waals surface area (Å²) in [5, 5.41) is 0. The van der Waals surface area contributed by atoms with Crippen molar-refractivity contribution in [3.8, 4) is 16.9 Å². The summed E-state index contributed by atoms with van der Waals surface area (Å²) in [6.45, 7) is 1.93. The van der Waals surface area contributed by atoms with Crippen LogP contribution in [-0.4, -0.2) is 16.3 Å². The van der Waals surface area contributed by atoms with Crippen LogP contribution in [0.1, 0.15) is 5.56 Å². The zero-order chi connectivity index (χ0) is 15.7. The van der Waals surface area contributed by atoms with Gasteiger partial charge in [0.1, 0.15) is 5.75 Å². The van der Waals surface area contributed by atoms with E-state index in [9.17, 15) is 13.2 Å². The highest BCUT2D eigenvalue weighted by Crippen LogP contribution is 2.30. The Morgan fingerprint density at radius 1 is 0.864 bits per heavy atom. The average molecular weight is 304 g/mol. The summed E-state index contributed by atoms with van der Waals surface area (Å²) in [6, 6.07) is 9.49. The molecule has 0 spiro atoms. The summed E-state index contributed by atoms with van der Waals surface area (Å²) in [4.78, 5) is 8.62. The Balaban J connectivity index is 2.03. The van der Waals surface area contributed by atoms with Crippen molar-refractivity contribution < 1.29 is 17.9 Å². The molecule has 0 aliphatic rings. The van der Waals surface area contributed by atoms with E-state index in [1.807, 2.05) is 19.1 Å². The van der Waals surface area contributed by atoms with Crippen molar-refractivity contribution in [3.63, 3.8) is 0 Å². The highest BCUT2D eigenvalue weighted by Gasteiger charge is 2.30. The first-order valence-electron chi connectivity index (χ1n) is 6.50. The van der Waals surface area contributed by atoms with E-state index in [1.165, 1.54) is 12.1 Å². The minimum absolute atomic E-state index is 0.251. The molecule has 0 aliphatic heterocycles. The second kappa shape index (κ2) is 5.29. The molecule has 0 N–H and O–H groups in total. The zero-order valence-electron chi connectivity index (χ0n) is 11.6. The fourth-order valence-electron chi connectivity index (χ4n) is 2.26. The number of halogens is 3. The molecule has 6 heteroatoms. The van der Waals surface area contributed by atoms with Crippen LogP contribution in [0.4, 0.5) is 13.2 Å². The smallest absolute Gasteiger partial charge is 0.406 e. The van der Waals surface area contributed by atoms with E-state index in [4.69, 9.17) is 0 Å². The van der Waals surface area contributed by atoms with Crippen LogP contribution in [0.3, 0.4) is 0 Å². The number of nitrogens with zero attached hydrogens (tertiary/aromatic N) is 2. The van der Waals surface area contributed by atoms with Gasteiger partial charge in [0, 0.05) is 18.0 Å². The molecule has 0 atom stereocenters. The molecule has 0 amide bonds. The third-order valence-corrected chi connectivity index (χ3v) is 3.23. The second-order valence-electron chi connectivity index (χ2n) is 4.76. The Labute approximate surface area is 124 Å². The van der Waals surface area contributed by atoms with Gasteiger partial charge in [-0.25, -0.2) is 0 Å². The molecule has 0 unspecified atom stereocenters.